The molecule has 8 heteroatoms. The van der Waals surface area contributed by atoms with Crippen LogP contribution in [0.2, 0.25) is 0 Å². The fourth-order valence-electron chi connectivity index (χ4n) is 4.84. The zero-order chi connectivity index (χ0) is 25.5. The number of piperidine rings is 1. The second-order valence-electron chi connectivity index (χ2n) is 9.36. The highest BCUT2D eigenvalue weighted by molar-refractivity contribution is 5.95. The summed E-state index contributed by atoms with van der Waals surface area (Å²) in [6.45, 7) is 12.4. The van der Waals surface area contributed by atoms with Gasteiger partial charge in [0.05, 0.1) is 30.7 Å². The molecule has 2 heterocycles. The number of urea groups is 1. The molecule has 2 aliphatic heterocycles. The molecule has 1 fully saturated rings. The second kappa shape index (κ2) is 12.2. The van der Waals surface area contributed by atoms with Gasteiger partial charge in [-0.2, -0.15) is 0 Å². The summed E-state index contributed by atoms with van der Waals surface area (Å²) in [6.07, 6.45) is 1.63. The van der Waals surface area contributed by atoms with Crippen molar-refractivity contribution in [2.45, 2.75) is 59.4 Å². The van der Waals surface area contributed by atoms with Crippen LogP contribution in [0.4, 0.5) is 4.79 Å². The molecule has 0 aromatic heterocycles. The number of carbonyl (C=O) groups excluding carboxylic acids is 3. The molecule has 0 saturated carbocycles. The molecule has 0 radical (unpaired) electrons. The third-order valence-electron chi connectivity index (χ3n) is 6.69. The Morgan fingerprint density at radius 3 is 2.37 bits per heavy atom. The van der Waals surface area contributed by atoms with Gasteiger partial charge in [-0.3, -0.25) is 14.6 Å². The number of hydrogen-bond donors (Lipinski definition) is 1. The van der Waals surface area contributed by atoms with Crippen molar-refractivity contribution in [1.29, 1.82) is 0 Å². The molecule has 0 bridgehead atoms. The number of carbonyl (C=O) groups is 3. The van der Waals surface area contributed by atoms with Gasteiger partial charge in [-0.05, 0) is 57.2 Å². The lowest BCUT2D eigenvalue weighted by molar-refractivity contribution is -0.150. The predicted octanol–water partition coefficient (Wildman–Crippen LogP) is 3.99. The van der Waals surface area contributed by atoms with E-state index in [4.69, 9.17) is 9.47 Å². The van der Waals surface area contributed by atoms with Gasteiger partial charge in [-0.15, -0.1) is 0 Å². The maximum atomic E-state index is 13.3. The number of likely N-dealkylation sites (tertiary alicyclic amines) is 1. The Morgan fingerprint density at radius 2 is 1.77 bits per heavy atom. The zero-order valence-corrected chi connectivity index (χ0v) is 21.6. The monoisotopic (exact) mass is 485 g/mol. The molecule has 192 valence electrons. The molecule has 1 saturated heterocycles. The molecule has 1 aromatic carbocycles. The number of hydrogen-bond acceptors (Lipinski definition) is 6. The third-order valence-corrected chi connectivity index (χ3v) is 6.69. The Morgan fingerprint density at radius 1 is 1.09 bits per heavy atom. The molecule has 2 atom stereocenters. The average molecular weight is 486 g/mol. The number of esters is 2. The van der Waals surface area contributed by atoms with E-state index in [0.717, 1.165) is 24.9 Å². The van der Waals surface area contributed by atoms with Crippen LogP contribution >= 0.6 is 0 Å². The predicted molar refractivity (Wildman–Crippen MR) is 134 cm³/mol. The van der Waals surface area contributed by atoms with E-state index in [1.165, 1.54) is 5.56 Å². The fraction of sp³-hybridized carbons (Fsp3) is 0.593. The van der Waals surface area contributed by atoms with E-state index in [9.17, 15) is 14.4 Å². The third kappa shape index (κ3) is 6.23. The maximum absolute atomic E-state index is 13.3. The standard InChI is InChI=1S/C27H39N3O5/c1-6-30-22(17-29-15-9-10-21(16-29)25(31)34-7-2)23(26(32)35-8-3)24(28-27(30)33)20-13-11-19(12-14-20)18(4)5/h11-14,18,21,24H,6-10,15-17H2,1-5H3,(H,28,33). The summed E-state index contributed by atoms with van der Waals surface area (Å²) >= 11 is 0. The van der Waals surface area contributed by atoms with Crippen molar-refractivity contribution in [3.05, 3.63) is 46.7 Å². The highest BCUT2D eigenvalue weighted by Gasteiger charge is 2.39. The molecule has 3 rings (SSSR count). The minimum absolute atomic E-state index is 0.186. The van der Waals surface area contributed by atoms with E-state index in [1.54, 1.807) is 11.8 Å². The molecule has 2 unspecified atom stereocenters. The Bertz CT molecular complexity index is 941. The smallest absolute Gasteiger partial charge is 0.338 e. The van der Waals surface area contributed by atoms with Gasteiger partial charge in [0, 0.05) is 25.3 Å². The molecule has 2 amide bonds. The minimum atomic E-state index is -0.605. The Balaban J connectivity index is 2.00. The van der Waals surface area contributed by atoms with Crippen LogP contribution in [0.3, 0.4) is 0 Å². The summed E-state index contributed by atoms with van der Waals surface area (Å²) in [5.74, 6) is -0.448. The topological polar surface area (TPSA) is 88.2 Å². The Labute approximate surface area is 208 Å². The van der Waals surface area contributed by atoms with Crippen molar-refractivity contribution in [3.8, 4) is 0 Å². The van der Waals surface area contributed by atoms with E-state index in [-0.39, 0.29) is 24.5 Å². The normalized spacial score (nSPS) is 21.2. The number of nitrogens with zero attached hydrogens (tertiary/aromatic N) is 2. The summed E-state index contributed by atoms with van der Waals surface area (Å²) in [6, 6.07) is 7.16. The highest BCUT2D eigenvalue weighted by Crippen LogP contribution is 2.33. The summed E-state index contributed by atoms with van der Waals surface area (Å²) in [5, 5.41) is 3.02. The first-order chi connectivity index (χ1) is 16.8. The van der Waals surface area contributed by atoms with Crippen molar-refractivity contribution in [3.63, 3.8) is 0 Å². The van der Waals surface area contributed by atoms with Crippen LogP contribution in [0.15, 0.2) is 35.5 Å². The van der Waals surface area contributed by atoms with Gasteiger partial charge in [0.25, 0.3) is 0 Å². The van der Waals surface area contributed by atoms with Crippen molar-refractivity contribution in [2.75, 3.05) is 39.4 Å². The lowest BCUT2D eigenvalue weighted by atomic mass is 9.91. The molecule has 0 spiro atoms. The Hall–Kier alpha value is -2.87. The van der Waals surface area contributed by atoms with Crippen molar-refractivity contribution < 1.29 is 23.9 Å². The molecule has 1 N–H and O–H groups in total. The summed E-state index contributed by atoms with van der Waals surface area (Å²) in [4.78, 5) is 42.6. The number of rotatable bonds is 9. The minimum Gasteiger partial charge on any atom is -0.466 e. The largest absolute Gasteiger partial charge is 0.466 e. The molecule has 35 heavy (non-hydrogen) atoms. The van der Waals surface area contributed by atoms with Crippen LogP contribution in [0, 0.1) is 5.92 Å². The highest BCUT2D eigenvalue weighted by atomic mass is 16.5. The van der Waals surface area contributed by atoms with E-state index < -0.39 is 12.0 Å². The van der Waals surface area contributed by atoms with Crippen LogP contribution in [0.1, 0.15) is 70.5 Å². The first-order valence-corrected chi connectivity index (χ1v) is 12.8. The molecular formula is C27H39N3O5. The Kier molecular flexibility index (Phi) is 9.32. The van der Waals surface area contributed by atoms with Crippen LogP contribution < -0.4 is 5.32 Å². The van der Waals surface area contributed by atoms with Gasteiger partial charge in [-0.1, -0.05) is 38.1 Å². The number of ether oxygens (including phenoxy) is 2. The second-order valence-corrected chi connectivity index (χ2v) is 9.36. The summed E-state index contributed by atoms with van der Waals surface area (Å²) in [7, 11) is 0. The van der Waals surface area contributed by atoms with E-state index >= 15 is 0 Å². The van der Waals surface area contributed by atoms with Gasteiger partial charge < -0.3 is 14.8 Å². The number of amides is 2. The molecule has 0 aliphatic carbocycles. The molecule has 2 aliphatic rings. The number of benzene rings is 1. The number of nitrogens with one attached hydrogen (secondary N) is 1. The first-order valence-electron chi connectivity index (χ1n) is 12.8. The van der Waals surface area contributed by atoms with Crippen LogP contribution in [-0.2, 0) is 19.1 Å². The van der Waals surface area contributed by atoms with Crippen LogP contribution in [-0.4, -0.2) is 67.2 Å². The van der Waals surface area contributed by atoms with Gasteiger partial charge in [0.2, 0.25) is 0 Å². The van der Waals surface area contributed by atoms with Crippen LogP contribution in [0.5, 0.6) is 0 Å². The molecule has 8 nitrogen and oxygen atoms in total. The van der Waals surface area contributed by atoms with Crippen molar-refractivity contribution >= 4 is 18.0 Å². The quantitative estimate of drug-likeness (QED) is 0.532. The van der Waals surface area contributed by atoms with Gasteiger partial charge in [0.15, 0.2) is 0 Å². The van der Waals surface area contributed by atoms with Gasteiger partial charge >= 0.3 is 18.0 Å². The molecular weight excluding hydrogens is 446 g/mol. The fourth-order valence-corrected chi connectivity index (χ4v) is 4.84. The summed E-state index contributed by atoms with van der Waals surface area (Å²) in [5.41, 5.74) is 3.11. The van der Waals surface area contributed by atoms with Gasteiger partial charge in [-0.25, -0.2) is 9.59 Å². The van der Waals surface area contributed by atoms with E-state index in [2.05, 4.69) is 24.1 Å². The first kappa shape index (κ1) is 26.7. The lowest BCUT2D eigenvalue weighted by Gasteiger charge is -2.39. The zero-order valence-electron chi connectivity index (χ0n) is 21.6. The van der Waals surface area contributed by atoms with Crippen molar-refractivity contribution in [1.82, 2.24) is 15.1 Å². The lowest BCUT2D eigenvalue weighted by Crippen LogP contribution is -2.51. The van der Waals surface area contributed by atoms with E-state index in [0.29, 0.717) is 43.4 Å². The molecule has 1 aromatic rings. The average Bonchev–Trinajstić information content (AvgIpc) is 2.84. The van der Waals surface area contributed by atoms with Crippen molar-refractivity contribution in [2.24, 2.45) is 5.92 Å². The maximum Gasteiger partial charge on any atom is 0.338 e. The summed E-state index contributed by atoms with van der Waals surface area (Å²) < 4.78 is 10.7. The van der Waals surface area contributed by atoms with E-state index in [1.807, 2.05) is 38.1 Å². The SMILES string of the molecule is CCOC(=O)C1=C(CN2CCCC(C(=O)OCC)C2)N(CC)C(=O)NC1c1ccc(C(C)C)cc1. The van der Waals surface area contributed by atoms with Crippen LogP contribution in [0.25, 0.3) is 0 Å². The number of likely N-dealkylation sites (N-methyl/N-ethyl adjacent to an activating group) is 1. The van der Waals surface area contributed by atoms with Gasteiger partial charge in [0.1, 0.15) is 0 Å².